The molecular weight excluding hydrogens is 240 g/mol. The van der Waals surface area contributed by atoms with Gasteiger partial charge in [-0.3, -0.25) is 4.79 Å². The highest BCUT2D eigenvalue weighted by Gasteiger charge is 2.26. The van der Waals surface area contributed by atoms with Crippen LogP contribution in [0.5, 0.6) is 0 Å². The minimum absolute atomic E-state index is 0.0280. The van der Waals surface area contributed by atoms with Gasteiger partial charge in [0.2, 0.25) is 0 Å². The number of nitrogens with one attached hydrogen (secondary N) is 1. The van der Waals surface area contributed by atoms with Gasteiger partial charge in [-0.1, -0.05) is 24.4 Å². The lowest BCUT2D eigenvalue weighted by atomic mass is 10.1. The van der Waals surface area contributed by atoms with E-state index in [-0.39, 0.29) is 18.6 Å². The van der Waals surface area contributed by atoms with Crippen LogP contribution < -0.4 is 0 Å². The van der Waals surface area contributed by atoms with E-state index in [4.69, 9.17) is 11.6 Å². The van der Waals surface area contributed by atoms with Gasteiger partial charge in [-0.25, -0.2) is 0 Å². The normalized spacial score (nSPS) is 21.3. The van der Waals surface area contributed by atoms with Gasteiger partial charge in [0.05, 0.1) is 17.7 Å². The summed E-state index contributed by atoms with van der Waals surface area (Å²) in [5.41, 5.74) is 0.496. The number of aliphatic hydroxyl groups is 1. The second-order valence-electron chi connectivity index (χ2n) is 4.42. The fraction of sp³-hybridized carbons (Fsp3) is 0.583. The van der Waals surface area contributed by atoms with Gasteiger partial charge in [0, 0.05) is 12.7 Å². The van der Waals surface area contributed by atoms with Crippen LogP contribution in [0.15, 0.2) is 12.3 Å². The predicted octanol–water partition coefficient (Wildman–Crippen LogP) is 2.05. The third-order valence-corrected chi connectivity index (χ3v) is 3.45. The van der Waals surface area contributed by atoms with Crippen LogP contribution in [-0.4, -0.2) is 40.1 Å². The summed E-state index contributed by atoms with van der Waals surface area (Å²) in [7, 11) is 0. The third kappa shape index (κ3) is 2.82. The molecule has 2 rings (SSSR count). The van der Waals surface area contributed by atoms with Crippen LogP contribution in [0.3, 0.4) is 0 Å². The Morgan fingerprint density at radius 3 is 3.00 bits per heavy atom. The Hall–Kier alpha value is -1.00. The van der Waals surface area contributed by atoms with Gasteiger partial charge in [-0.2, -0.15) is 0 Å². The highest BCUT2D eigenvalue weighted by atomic mass is 35.5. The van der Waals surface area contributed by atoms with Crippen LogP contribution in [0.1, 0.15) is 36.2 Å². The zero-order valence-corrected chi connectivity index (χ0v) is 10.4. The first kappa shape index (κ1) is 12.5. The minimum Gasteiger partial charge on any atom is -0.394 e. The number of hydrogen-bond acceptors (Lipinski definition) is 2. The van der Waals surface area contributed by atoms with E-state index in [1.807, 2.05) is 0 Å². The molecule has 1 saturated heterocycles. The van der Waals surface area contributed by atoms with Crippen molar-refractivity contribution in [1.29, 1.82) is 0 Å². The van der Waals surface area contributed by atoms with E-state index in [9.17, 15) is 9.90 Å². The quantitative estimate of drug-likeness (QED) is 0.851. The fourth-order valence-electron chi connectivity index (χ4n) is 2.28. The molecule has 1 aromatic heterocycles. The summed E-state index contributed by atoms with van der Waals surface area (Å²) in [6, 6.07) is 1.57. The van der Waals surface area contributed by atoms with Gasteiger partial charge in [-0.15, -0.1) is 0 Å². The first-order valence-electron chi connectivity index (χ1n) is 5.98. The number of nitrogens with zero attached hydrogens (tertiary/aromatic N) is 1. The zero-order valence-electron chi connectivity index (χ0n) is 9.66. The molecule has 1 atom stereocenters. The molecule has 1 aliphatic rings. The average molecular weight is 257 g/mol. The molecule has 94 valence electrons. The lowest BCUT2D eigenvalue weighted by molar-refractivity contribution is 0.0594. The number of rotatable bonds is 2. The van der Waals surface area contributed by atoms with Crippen LogP contribution in [0, 0.1) is 0 Å². The number of carbonyl (C=O) groups is 1. The van der Waals surface area contributed by atoms with E-state index in [1.54, 1.807) is 17.2 Å². The summed E-state index contributed by atoms with van der Waals surface area (Å²) in [6.45, 7) is 0.737. The Labute approximate surface area is 106 Å². The Morgan fingerprint density at radius 1 is 1.53 bits per heavy atom. The summed E-state index contributed by atoms with van der Waals surface area (Å²) in [4.78, 5) is 16.9. The maximum Gasteiger partial charge on any atom is 0.270 e. The van der Waals surface area contributed by atoms with Crippen molar-refractivity contribution in [1.82, 2.24) is 9.88 Å². The van der Waals surface area contributed by atoms with Gasteiger partial charge >= 0.3 is 0 Å². The molecule has 1 aromatic rings. The van der Waals surface area contributed by atoms with Crippen LogP contribution in [-0.2, 0) is 0 Å². The van der Waals surface area contributed by atoms with Gasteiger partial charge in [0.15, 0.2) is 0 Å². The summed E-state index contributed by atoms with van der Waals surface area (Å²) in [5.74, 6) is -0.0714. The first-order valence-corrected chi connectivity index (χ1v) is 6.36. The summed E-state index contributed by atoms with van der Waals surface area (Å²) < 4.78 is 0. The maximum atomic E-state index is 12.3. The molecule has 2 heterocycles. The van der Waals surface area contributed by atoms with E-state index in [0.717, 1.165) is 25.7 Å². The molecule has 0 aromatic carbocycles. The predicted molar refractivity (Wildman–Crippen MR) is 66.2 cm³/mol. The van der Waals surface area contributed by atoms with E-state index < -0.39 is 0 Å². The van der Waals surface area contributed by atoms with E-state index in [1.165, 1.54) is 0 Å². The largest absolute Gasteiger partial charge is 0.394 e. The second-order valence-corrected chi connectivity index (χ2v) is 4.85. The Morgan fingerprint density at radius 2 is 2.35 bits per heavy atom. The minimum atomic E-state index is -0.0714. The van der Waals surface area contributed by atoms with E-state index >= 15 is 0 Å². The Kier molecular flexibility index (Phi) is 4.07. The molecule has 0 radical (unpaired) electrons. The van der Waals surface area contributed by atoms with Crippen molar-refractivity contribution < 1.29 is 9.90 Å². The molecule has 2 N–H and O–H groups in total. The summed E-state index contributed by atoms with van der Waals surface area (Å²) >= 11 is 5.79. The summed E-state index contributed by atoms with van der Waals surface area (Å²) in [6.07, 6.45) is 5.65. The maximum absolute atomic E-state index is 12.3. The number of hydrogen-bond donors (Lipinski definition) is 2. The number of aromatic amines is 1. The van der Waals surface area contributed by atoms with E-state index in [0.29, 0.717) is 17.3 Å². The van der Waals surface area contributed by atoms with Crippen molar-refractivity contribution in [3.05, 3.63) is 23.0 Å². The number of amides is 1. The molecule has 1 fully saturated rings. The molecular formula is C12H17ClN2O2. The number of likely N-dealkylation sites (tertiary alicyclic amines) is 1. The van der Waals surface area contributed by atoms with Crippen molar-refractivity contribution in [3.8, 4) is 0 Å². The Bertz CT molecular complexity index is 392. The van der Waals surface area contributed by atoms with Crippen molar-refractivity contribution in [3.63, 3.8) is 0 Å². The number of carbonyl (C=O) groups excluding carboxylic acids is 1. The molecule has 0 spiro atoms. The van der Waals surface area contributed by atoms with Gasteiger partial charge < -0.3 is 15.0 Å². The Balaban J connectivity index is 2.15. The molecule has 0 saturated carbocycles. The van der Waals surface area contributed by atoms with Crippen LogP contribution in [0.25, 0.3) is 0 Å². The fourth-order valence-corrected chi connectivity index (χ4v) is 2.44. The summed E-state index contributed by atoms with van der Waals surface area (Å²) in [5, 5.41) is 9.89. The highest BCUT2D eigenvalue weighted by Crippen LogP contribution is 2.20. The molecule has 1 unspecified atom stereocenters. The van der Waals surface area contributed by atoms with Crippen molar-refractivity contribution in [2.75, 3.05) is 13.2 Å². The average Bonchev–Trinajstić information content (AvgIpc) is 2.64. The highest BCUT2D eigenvalue weighted by molar-refractivity contribution is 6.30. The standard InChI is InChI=1S/C12H17ClN2O2/c13-9-6-11(14-7-9)12(17)15-5-3-1-2-4-10(15)8-16/h6-7,10,14,16H,1-5,8H2. The smallest absolute Gasteiger partial charge is 0.270 e. The molecule has 5 heteroatoms. The van der Waals surface area contributed by atoms with Crippen molar-refractivity contribution in [2.45, 2.75) is 31.7 Å². The molecule has 17 heavy (non-hydrogen) atoms. The second kappa shape index (κ2) is 5.56. The van der Waals surface area contributed by atoms with Gasteiger partial charge in [-0.05, 0) is 18.9 Å². The SMILES string of the molecule is O=C(c1cc(Cl)c[nH]1)N1CCCCCC1CO. The number of aliphatic hydroxyl groups excluding tert-OH is 1. The van der Waals surface area contributed by atoms with Gasteiger partial charge in [0.25, 0.3) is 5.91 Å². The van der Waals surface area contributed by atoms with E-state index in [2.05, 4.69) is 4.98 Å². The number of H-pyrrole nitrogens is 1. The number of aromatic nitrogens is 1. The van der Waals surface area contributed by atoms with Crippen molar-refractivity contribution in [2.24, 2.45) is 0 Å². The molecule has 0 aliphatic carbocycles. The monoisotopic (exact) mass is 256 g/mol. The lowest BCUT2D eigenvalue weighted by Gasteiger charge is -2.28. The third-order valence-electron chi connectivity index (χ3n) is 3.23. The zero-order chi connectivity index (χ0) is 12.3. The lowest BCUT2D eigenvalue weighted by Crippen LogP contribution is -2.42. The van der Waals surface area contributed by atoms with Gasteiger partial charge in [0.1, 0.15) is 5.69 Å². The van der Waals surface area contributed by atoms with Crippen molar-refractivity contribution >= 4 is 17.5 Å². The molecule has 1 aliphatic heterocycles. The number of halogens is 1. The topological polar surface area (TPSA) is 56.3 Å². The molecule has 1 amide bonds. The molecule has 4 nitrogen and oxygen atoms in total. The van der Waals surface area contributed by atoms with Crippen LogP contribution in [0.2, 0.25) is 5.02 Å². The molecule has 0 bridgehead atoms. The van der Waals surface area contributed by atoms with Crippen LogP contribution >= 0.6 is 11.6 Å². The first-order chi connectivity index (χ1) is 8.22. The van der Waals surface area contributed by atoms with Crippen LogP contribution in [0.4, 0.5) is 0 Å².